The first-order chi connectivity index (χ1) is 9.24. The maximum absolute atomic E-state index is 12.2. The van der Waals surface area contributed by atoms with Crippen LogP contribution in [0.5, 0.6) is 5.75 Å². The Morgan fingerprint density at radius 1 is 1.11 bits per heavy atom. The Labute approximate surface area is 122 Å². The van der Waals surface area contributed by atoms with Gasteiger partial charge in [-0.2, -0.15) is 0 Å². The van der Waals surface area contributed by atoms with Crippen molar-refractivity contribution >= 4 is 21.7 Å². The van der Waals surface area contributed by atoms with Gasteiger partial charge in [-0.15, -0.1) is 0 Å². The van der Waals surface area contributed by atoms with Gasteiger partial charge in [0.1, 0.15) is 11.9 Å². The number of benzene rings is 1. The highest BCUT2D eigenvalue weighted by Gasteiger charge is 2.32. The van der Waals surface area contributed by atoms with E-state index in [0.717, 1.165) is 15.8 Å². The van der Waals surface area contributed by atoms with Crippen LogP contribution in [0.2, 0.25) is 0 Å². The lowest BCUT2D eigenvalue weighted by atomic mass is 9.87. The van der Waals surface area contributed by atoms with E-state index < -0.39 is 0 Å². The molecule has 2 nitrogen and oxygen atoms in total. The number of ether oxygens (including phenoxy) is 1. The van der Waals surface area contributed by atoms with E-state index in [1.807, 2.05) is 18.2 Å². The molecular weight excluding hydrogens is 304 g/mol. The monoisotopic (exact) mass is 322 g/mol. The number of carbonyl (C=O) groups is 1. The second-order valence-corrected chi connectivity index (χ2v) is 6.59. The largest absolute Gasteiger partial charge is 0.489 e. The molecule has 0 radical (unpaired) electrons. The number of hydrogen-bond acceptors (Lipinski definition) is 2. The van der Waals surface area contributed by atoms with Crippen LogP contribution in [0, 0.1) is 5.92 Å². The number of carbonyl (C=O) groups excluding carboxylic acids is 1. The number of fused-ring (bicyclic) bond motifs is 1. The van der Waals surface area contributed by atoms with Gasteiger partial charge in [-0.25, -0.2) is 0 Å². The maximum atomic E-state index is 12.2. The minimum Gasteiger partial charge on any atom is -0.489 e. The molecule has 0 saturated heterocycles. The number of ketones is 1. The SMILES string of the molecule is O=C1CC(C2CCCCCC2)Oc2cc(Br)ccc21. The van der Waals surface area contributed by atoms with E-state index in [4.69, 9.17) is 4.74 Å². The Balaban J connectivity index is 1.81. The molecule has 0 N–H and O–H groups in total. The zero-order valence-corrected chi connectivity index (χ0v) is 12.6. The molecule has 3 heteroatoms. The Hall–Kier alpha value is -0.830. The van der Waals surface area contributed by atoms with E-state index >= 15 is 0 Å². The van der Waals surface area contributed by atoms with Gasteiger partial charge in [-0.05, 0) is 37.0 Å². The van der Waals surface area contributed by atoms with Crippen molar-refractivity contribution in [2.75, 3.05) is 0 Å². The first-order valence-corrected chi connectivity index (χ1v) is 8.03. The molecule has 0 aromatic heterocycles. The fourth-order valence-electron chi connectivity index (χ4n) is 3.27. The van der Waals surface area contributed by atoms with E-state index in [1.165, 1.54) is 38.5 Å². The van der Waals surface area contributed by atoms with Crippen molar-refractivity contribution in [2.24, 2.45) is 5.92 Å². The third kappa shape index (κ3) is 2.86. The molecular formula is C16H19BrO2. The van der Waals surface area contributed by atoms with Crippen molar-refractivity contribution in [3.8, 4) is 5.75 Å². The number of halogens is 1. The first kappa shape index (κ1) is 13.2. The highest BCUT2D eigenvalue weighted by molar-refractivity contribution is 9.10. The van der Waals surface area contributed by atoms with Gasteiger partial charge in [-0.3, -0.25) is 4.79 Å². The van der Waals surface area contributed by atoms with Crippen LogP contribution in [0.1, 0.15) is 55.3 Å². The molecule has 0 bridgehead atoms. The van der Waals surface area contributed by atoms with E-state index in [-0.39, 0.29) is 11.9 Å². The molecule has 1 aromatic rings. The zero-order chi connectivity index (χ0) is 13.2. The van der Waals surface area contributed by atoms with Crippen LogP contribution >= 0.6 is 15.9 Å². The molecule has 1 aromatic carbocycles. The molecule has 0 amide bonds. The minimum absolute atomic E-state index is 0.0902. The summed E-state index contributed by atoms with van der Waals surface area (Å²) in [6, 6.07) is 5.70. The molecule has 1 unspecified atom stereocenters. The van der Waals surface area contributed by atoms with Crippen LogP contribution in [0.4, 0.5) is 0 Å². The van der Waals surface area contributed by atoms with Crippen molar-refractivity contribution in [3.63, 3.8) is 0 Å². The summed E-state index contributed by atoms with van der Waals surface area (Å²) in [5, 5.41) is 0. The topological polar surface area (TPSA) is 26.3 Å². The molecule has 1 atom stereocenters. The van der Waals surface area contributed by atoms with Gasteiger partial charge >= 0.3 is 0 Å². The molecule has 1 fully saturated rings. The molecule has 2 aliphatic rings. The van der Waals surface area contributed by atoms with Crippen LogP contribution in [-0.2, 0) is 0 Å². The molecule has 102 valence electrons. The smallest absolute Gasteiger partial charge is 0.170 e. The van der Waals surface area contributed by atoms with Gasteiger partial charge in [0.2, 0.25) is 0 Å². The van der Waals surface area contributed by atoms with Crippen LogP contribution in [-0.4, -0.2) is 11.9 Å². The highest BCUT2D eigenvalue weighted by Crippen LogP contribution is 2.36. The lowest BCUT2D eigenvalue weighted by Crippen LogP contribution is -2.33. The van der Waals surface area contributed by atoms with Crippen LogP contribution in [0.25, 0.3) is 0 Å². The van der Waals surface area contributed by atoms with E-state index in [1.54, 1.807) is 0 Å². The second kappa shape index (κ2) is 5.66. The molecule has 19 heavy (non-hydrogen) atoms. The first-order valence-electron chi connectivity index (χ1n) is 7.23. The summed E-state index contributed by atoms with van der Waals surface area (Å²) in [5.41, 5.74) is 0.744. The predicted molar refractivity (Wildman–Crippen MR) is 78.7 cm³/mol. The van der Waals surface area contributed by atoms with Crippen LogP contribution in [0.15, 0.2) is 22.7 Å². The van der Waals surface area contributed by atoms with E-state index in [2.05, 4.69) is 15.9 Å². The summed E-state index contributed by atoms with van der Waals surface area (Å²) in [6.07, 6.45) is 8.29. The van der Waals surface area contributed by atoms with Gasteiger partial charge in [0.05, 0.1) is 5.56 Å². The molecule has 0 spiro atoms. The quantitative estimate of drug-likeness (QED) is 0.697. The third-order valence-electron chi connectivity index (χ3n) is 4.33. The second-order valence-electron chi connectivity index (χ2n) is 5.68. The van der Waals surface area contributed by atoms with Crippen molar-refractivity contribution in [3.05, 3.63) is 28.2 Å². The number of hydrogen-bond donors (Lipinski definition) is 0. The fourth-order valence-corrected chi connectivity index (χ4v) is 3.61. The lowest BCUT2D eigenvalue weighted by molar-refractivity contribution is 0.0702. The lowest BCUT2D eigenvalue weighted by Gasteiger charge is -2.31. The van der Waals surface area contributed by atoms with Gasteiger partial charge in [0.15, 0.2) is 5.78 Å². The van der Waals surface area contributed by atoms with Crippen molar-refractivity contribution in [1.29, 1.82) is 0 Å². The molecule has 1 aliphatic heterocycles. The summed E-state index contributed by atoms with van der Waals surface area (Å²) < 4.78 is 7.10. The minimum atomic E-state index is 0.0902. The summed E-state index contributed by atoms with van der Waals surface area (Å²) in [4.78, 5) is 12.2. The normalized spacial score (nSPS) is 24.5. The van der Waals surface area contributed by atoms with E-state index in [0.29, 0.717) is 12.3 Å². The average molecular weight is 323 g/mol. The molecule has 1 saturated carbocycles. The summed E-state index contributed by atoms with van der Waals surface area (Å²) in [7, 11) is 0. The average Bonchev–Trinajstić information content (AvgIpc) is 2.66. The van der Waals surface area contributed by atoms with E-state index in [9.17, 15) is 4.79 Å². The van der Waals surface area contributed by atoms with Gasteiger partial charge < -0.3 is 4.74 Å². The van der Waals surface area contributed by atoms with Crippen molar-refractivity contribution in [1.82, 2.24) is 0 Å². The Bertz CT molecular complexity index is 476. The number of Topliss-reactive ketones (excluding diaryl/α,β-unsaturated/α-hetero) is 1. The summed E-state index contributed by atoms with van der Waals surface area (Å²) in [5.74, 6) is 1.56. The fraction of sp³-hybridized carbons (Fsp3) is 0.562. The maximum Gasteiger partial charge on any atom is 0.170 e. The van der Waals surface area contributed by atoms with Gasteiger partial charge in [0.25, 0.3) is 0 Å². The predicted octanol–water partition coefficient (Wildman–Crippen LogP) is 4.75. The van der Waals surface area contributed by atoms with Gasteiger partial charge in [0, 0.05) is 10.9 Å². The van der Waals surface area contributed by atoms with Crippen LogP contribution < -0.4 is 4.74 Å². The molecule has 1 aliphatic carbocycles. The van der Waals surface area contributed by atoms with Crippen molar-refractivity contribution in [2.45, 2.75) is 51.0 Å². The third-order valence-corrected chi connectivity index (χ3v) is 4.83. The summed E-state index contributed by atoms with van der Waals surface area (Å²) >= 11 is 3.45. The highest BCUT2D eigenvalue weighted by atomic mass is 79.9. The van der Waals surface area contributed by atoms with Crippen molar-refractivity contribution < 1.29 is 9.53 Å². The summed E-state index contributed by atoms with van der Waals surface area (Å²) in [6.45, 7) is 0. The van der Waals surface area contributed by atoms with Gasteiger partial charge in [-0.1, -0.05) is 41.6 Å². The zero-order valence-electron chi connectivity index (χ0n) is 11.0. The molecule has 3 rings (SSSR count). The Morgan fingerprint density at radius 2 is 1.84 bits per heavy atom. The number of rotatable bonds is 1. The Morgan fingerprint density at radius 3 is 2.58 bits per heavy atom. The Kier molecular flexibility index (Phi) is 3.92. The van der Waals surface area contributed by atoms with Crippen LogP contribution in [0.3, 0.4) is 0 Å². The molecule has 1 heterocycles. The standard InChI is InChI=1S/C16H19BrO2/c17-12-7-8-13-14(18)10-15(19-16(13)9-12)11-5-3-1-2-4-6-11/h7-9,11,15H,1-6,10H2.